The Morgan fingerprint density at radius 1 is 0.643 bits per heavy atom. The first-order valence-corrected chi connectivity index (χ1v) is 12.6. The summed E-state index contributed by atoms with van der Waals surface area (Å²) in [6, 6.07) is 12.7. The van der Waals surface area contributed by atoms with Gasteiger partial charge >= 0.3 is 0 Å². The van der Waals surface area contributed by atoms with E-state index in [-0.39, 0.29) is 0 Å². The summed E-state index contributed by atoms with van der Waals surface area (Å²) in [5.41, 5.74) is 1.26. The van der Waals surface area contributed by atoms with Crippen LogP contribution < -0.4 is 4.74 Å². The lowest BCUT2D eigenvalue weighted by atomic mass is 10.0. The smallest absolute Gasteiger partial charge is 0.137 e. The van der Waals surface area contributed by atoms with E-state index in [4.69, 9.17) is 4.74 Å². The molecule has 2 aromatic rings. The van der Waals surface area contributed by atoms with Crippen molar-refractivity contribution >= 4 is 11.3 Å². The van der Waals surface area contributed by atoms with Crippen LogP contribution in [0.4, 0.5) is 0 Å². The Balaban J connectivity index is 1.40. The number of hydrogen-bond donors (Lipinski definition) is 0. The van der Waals surface area contributed by atoms with Gasteiger partial charge in [-0.1, -0.05) is 121 Å². The van der Waals surface area contributed by atoms with Crippen molar-refractivity contribution in [3.05, 3.63) is 41.8 Å². The molecule has 0 saturated carbocycles. The van der Waals surface area contributed by atoms with Crippen molar-refractivity contribution < 1.29 is 4.74 Å². The van der Waals surface area contributed by atoms with Gasteiger partial charge in [-0.3, -0.25) is 0 Å². The third kappa shape index (κ3) is 9.78. The summed E-state index contributed by atoms with van der Waals surface area (Å²) >= 11 is 1.77. The van der Waals surface area contributed by atoms with E-state index in [0.29, 0.717) is 0 Å². The third-order valence-corrected chi connectivity index (χ3v) is 6.37. The first kappa shape index (κ1) is 23.0. The Labute approximate surface area is 177 Å². The topological polar surface area (TPSA) is 9.23 Å². The molecule has 28 heavy (non-hydrogen) atoms. The van der Waals surface area contributed by atoms with Gasteiger partial charge in [0.25, 0.3) is 0 Å². The highest BCUT2D eigenvalue weighted by Crippen LogP contribution is 2.35. The summed E-state index contributed by atoms with van der Waals surface area (Å²) in [6.45, 7) is 3.13. The molecular weight excluding hydrogens is 360 g/mol. The van der Waals surface area contributed by atoms with Gasteiger partial charge in [-0.2, -0.15) is 0 Å². The first-order valence-electron chi connectivity index (χ1n) is 11.7. The number of unbranched alkanes of at least 4 members (excludes halogenated alkanes) is 13. The van der Waals surface area contributed by atoms with E-state index in [0.717, 1.165) is 12.4 Å². The van der Waals surface area contributed by atoms with Crippen molar-refractivity contribution in [2.45, 2.75) is 96.8 Å². The van der Waals surface area contributed by atoms with Crippen LogP contribution in [0, 0.1) is 0 Å². The van der Waals surface area contributed by atoms with Crippen LogP contribution in [0.25, 0.3) is 10.4 Å². The molecule has 1 aromatic carbocycles. The van der Waals surface area contributed by atoms with Gasteiger partial charge in [0.15, 0.2) is 0 Å². The number of rotatable bonds is 17. The van der Waals surface area contributed by atoms with Crippen LogP contribution in [0.15, 0.2) is 41.8 Å². The lowest BCUT2D eigenvalue weighted by Crippen LogP contribution is -1.97. The molecule has 0 spiro atoms. The Morgan fingerprint density at radius 3 is 1.75 bits per heavy atom. The molecule has 0 bridgehead atoms. The van der Waals surface area contributed by atoms with Gasteiger partial charge in [0.05, 0.1) is 11.5 Å². The van der Waals surface area contributed by atoms with Gasteiger partial charge < -0.3 is 4.74 Å². The van der Waals surface area contributed by atoms with Gasteiger partial charge in [0, 0.05) is 0 Å². The van der Waals surface area contributed by atoms with Crippen molar-refractivity contribution in [1.29, 1.82) is 0 Å². The molecule has 0 aliphatic heterocycles. The van der Waals surface area contributed by atoms with Crippen molar-refractivity contribution in [3.63, 3.8) is 0 Å². The predicted octanol–water partition coefficient (Wildman–Crippen LogP) is 9.28. The minimum Gasteiger partial charge on any atom is -0.492 e. The maximum absolute atomic E-state index is 6.05. The minimum atomic E-state index is 0.842. The molecule has 1 heterocycles. The van der Waals surface area contributed by atoms with E-state index in [2.05, 4.69) is 48.7 Å². The zero-order chi connectivity index (χ0) is 19.7. The molecule has 0 unspecified atom stereocenters. The van der Waals surface area contributed by atoms with Gasteiger partial charge in [-0.25, -0.2) is 0 Å². The average molecular weight is 401 g/mol. The molecule has 0 aliphatic rings. The molecule has 1 nitrogen and oxygen atoms in total. The molecule has 1 aromatic heterocycles. The van der Waals surface area contributed by atoms with E-state index < -0.39 is 0 Å². The number of hydrogen-bond acceptors (Lipinski definition) is 2. The highest BCUT2D eigenvalue weighted by atomic mass is 32.1. The molecule has 0 radical (unpaired) electrons. The van der Waals surface area contributed by atoms with Crippen LogP contribution in [0.1, 0.15) is 96.8 Å². The summed E-state index contributed by atoms with van der Waals surface area (Å²) in [7, 11) is 0. The van der Waals surface area contributed by atoms with Gasteiger partial charge in [-0.05, 0) is 23.4 Å². The van der Waals surface area contributed by atoms with Crippen LogP contribution in [-0.2, 0) is 0 Å². The molecule has 0 atom stereocenters. The highest BCUT2D eigenvalue weighted by molar-refractivity contribution is 7.14. The molecular formula is C26H40OS. The quantitative estimate of drug-likeness (QED) is 0.240. The maximum Gasteiger partial charge on any atom is 0.137 e. The first-order chi connectivity index (χ1) is 13.9. The summed E-state index contributed by atoms with van der Waals surface area (Å²) in [5.74, 6) is 1.05. The van der Waals surface area contributed by atoms with Crippen molar-refractivity contribution in [3.8, 4) is 16.2 Å². The van der Waals surface area contributed by atoms with Crippen LogP contribution in [0.2, 0.25) is 0 Å². The Hall–Kier alpha value is -1.28. The monoisotopic (exact) mass is 400 g/mol. The second-order valence-electron chi connectivity index (χ2n) is 7.92. The minimum absolute atomic E-state index is 0.842. The van der Waals surface area contributed by atoms with E-state index in [1.807, 2.05) is 0 Å². The molecule has 2 heteroatoms. The Bertz CT molecular complexity index is 589. The summed E-state index contributed by atoms with van der Waals surface area (Å²) in [4.78, 5) is 1.26. The fourth-order valence-corrected chi connectivity index (χ4v) is 4.53. The van der Waals surface area contributed by atoms with E-state index in [9.17, 15) is 0 Å². The zero-order valence-electron chi connectivity index (χ0n) is 18.0. The molecule has 2 rings (SSSR count). The summed E-state index contributed by atoms with van der Waals surface area (Å²) in [6.07, 6.45) is 19.5. The lowest BCUT2D eigenvalue weighted by Gasteiger charge is -2.07. The number of ether oxygens (including phenoxy) is 1. The standard InChI is InChI=1S/C26H40OS/c1-2-3-4-5-6-7-8-9-10-11-12-13-14-18-22-27-25-21-23-28-26(25)24-19-16-15-17-20-24/h15-17,19-21,23H,2-14,18,22H2,1H3. The zero-order valence-corrected chi connectivity index (χ0v) is 18.8. The molecule has 0 fully saturated rings. The molecule has 0 N–H and O–H groups in total. The van der Waals surface area contributed by atoms with Crippen molar-refractivity contribution in [2.75, 3.05) is 6.61 Å². The van der Waals surface area contributed by atoms with Crippen LogP contribution in [0.3, 0.4) is 0 Å². The van der Waals surface area contributed by atoms with E-state index >= 15 is 0 Å². The van der Waals surface area contributed by atoms with E-state index in [1.165, 1.54) is 100 Å². The van der Waals surface area contributed by atoms with Crippen LogP contribution in [0.5, 0.6) is 5.75 Å². The summed E-state index contributed by atoms with van der Waals surface area (Å²) < 4.78 is 6.05. The number of benzene rings is 1. The van der Waals surface area contributed by atoms with Gasteiger partial charge in [0.2, 0.25) is 0 Å². The Morgan fingerprint density at radius 2 is 1.18 bits per heavy atom. The molecule has 0 amide bonds. The SMILES string of the molecule is CCCCCCCCCCCCCCCCOc1ccsc1-c1ccccc1. The molecule has 156 valence electrons. The van der Waals surface area contributed by atoms with Gasteiger partial charge in [-0.15, -0.1) is 11.3 Å². The van der Waals surface area contributed by atoms with Gasteiger partial charge in [0.1, 0.15) is 5.75 Å². The second-order valence-corrected chi connectivity index (χ2v) is 8.84. The fraction of sp³-hybridized carbons (Fsp3) is 0.615. The second kappa shape index (κ2) is 15.6. The Kier molecular flexibility index (Phi) is 12.8. The van der Waals surface area contributed by atoms with Crippen molar-refractivity contribution in [2.24, 2.45) is 0 Å². The number of thiophene rings is 1. The van der Waals surface area contributed by atoms with E-state index in [1.54, 1.807) is 11.3 Å². The van der Waals surface area contributed by atoms with Crippen molar-refractivity contribution in [1.82, 2.24) is 0 Å². The van der Waals surface area contributed by atoms with Crippen LogP contribution >= 0.6 is 11.3 Å². The third-order valence-electron chi connectivity index (χ3n) is 5.42. The fourth-order valence-electron chi connectivity index (χ4n) is 3.69. The largest absolute Gasteiger partial charge is 0.492 e. The average Bonchev–Trinajstić information content (AvgIpc) is 3.20. The molecule has 0 saturated heterocycles. The normalized spacial score (nSPS) is 11.0. The lowest BCUT2D eigenvalue weighted by molar-refractivity contribution is 0.306. The highest BCUT2D eigenvalue weighted by Gasteiger charge is 2.07. The summed E-state index contributed by atoms with van der Waals surface area (Å²) in [5, 5.41) is 2.13. The predicted molar refractivity (Wildman–Crippen MR) is 126 cm³/mol. The molecule has 0 aliphatic carbocycles. The van der Waals surface area contributed by atoms with Crippen LogP contribution in [-0.4, -0.2) is 6.61 Å². The maximum atomic E-state index is 6.05.